The van der Waals surface area contributed by atoms with E-state index in [1.807, 2.05) is 11.8 Å². The van der Waals surface area contributed by atoms with E-state index in [4.69, 9.17) is 0 Å². The van der Waals surface area contributed by atoms with Gasteiger partial charge in [0.05, 0.1) is 4.90 Å². The summed E-state index contributed by atoms with van der Waals surface area (Å²) in [5, 5.41) is 2.78. The number of nitrogens with one attached hydrogen (secondary N) is 2. The lowest BCUT2D eigenvalue weighted by Gasteiger charge is -2.20. The summed E-state index contributed by atoms with van der Waals surface area (Å²) in [5.74, 6) is -0.331. The molecule has 0 aliphatic carbocycles. The fraction of sp³-hybridized carbons (Fsp3) is 0.417. The highest BCUT2D eigenvalue weighted by Gasteiger charge is 2.18. The van der Waals surface area contributed by atoms with Gasteiger partial charge in [0.15, 0.2) is 0 Å². The molecular weight excluding hydrogens is 426 g/mol. The fourth-order valence-electron chi connectivity index (χ4n) is 3.56. The Balaban J connectivity index is 1.62. The van der Waals surface area contributed by atoms with Gasteiger partial charge >= 0.3 is 0 Å². The molecule has 2 amide bonds. The van der Waals surface area contributed by atoms with E-state index in [0.29, 0.717) is 23.2 Å². The van der Waals surface area contributed by atoms with Crippen LogP contribution in [0.5, 0.6) is 0 Å². The summed E-state index contributed by atoms with van der Waals surface area (Å²) in [4.78, 5) is 27.3. The van der Waals surface area contributed by atoms with Crippen LogP contribution < -0.4 is 10.0 Å². The van der Waals surface area contributed by atoms with E-state index >= 15 is 0 Å². The van der Waals surface area contributed by atoms with Crippen LogP contribution in [-0.4, -0.2) is 44.3 Å². The van der Waals surface area contributed by atoms with E-state index in [2.05, 4.69) is 10.0 Å². The number of anilines is 1. The Labute approximate surface area is 190 Å². The van der Waals surface area contributed by atoms with E-state index < -0.39 is 10.0 Å². The number of rotatable bonds is 7. The molecule has 1 heterocycles. The van der Waals surface area contributed by atoms with Gasteiger partial charge in [-0.15, -0.1) is 0 Å². The molecule has 2 aromatic carbocycles. The highest BCUT2D eigenvalue weighted by atomic mass is 32.2. The van der Waals surface area contributed by atoms with Crippen molar-refractivity contribution in [3.8, 4) is 0 Å². The number of sulfonamides is 1. The van der Waals surface area contributed by atoms with Crippen molar-refractivity contribution in [1.29, 1.82) is 0 Å². The van der Waals surface area contributed by atoms with Crippen LogP contribution in [0.2, 0.25) is 0 Å². The summed E-state index contributed by atoms with van der Waals surface area (Å²) < 4.78 is 27.3. The molecule has 1 unspecified atom stereocenters. The van der Waals surface area contributed by atoms with Crippen molar-refractivity contribution < 1.29 is 18.0 Å². The third-order valence-electron chi connectivity index (χ3n) is 5.68. The predicted molar refractivity (Wildman–Crippen MR) is 125 cm³/mol. The van der Waals surface area contributed by atoms with Gasteiger partial charge in [0.2, 0.25) is 10.0 Å². The van der Waals surface area contributed by atoms with Crippen LogP contribution in [0.4, 0.5) is 5.69 Å². The van der Waals surface area contributed by atoms with Crippen LogP contribution in [0, 0.1) is 0 Å². The lowest BCUT2D eigenvalue weighted by molar-refractivity contribution is 0.0761. The third kappa shape index (κ3) is 6.17. The molecule has 2 aromatic rings. The van der Waals surface area contributed by atoms with Crippen molar-refractivity contribution in [2.45, 2.75) is 56.9 Å². The second kappa shape index (κ2) is 10.7. The van der Waals surface area contributed by atoms with Gasteiger partial charge in [-0.2, -0.15) is 0 Å². The maximum absolute atomic E-state index is 12.7. The number of carbonyl (C=O) groups excluding carboxylic acids is 2. The Hall–Kier alpha value is -2.71. The van der Waals surface area contributed by atoms with Gasteiger partial charge in [-0.1, -0.05) is 19.8 Å². The first-order chi connectivity index (χ1) is 15.3. The van der Waals surface area contributed by atoms with Crippen LogP contribution in [0.3, 0.4) is 0 Å². The normalized spacial score (nSPS) is 15.6. The van der Waals surface area contributed by atoms with Gasteiger partial charge in [0.25, 0.3) is 11.8 Å². The van der Waals surface area contributed by atoms with E-state index in [1.54, 1.807) is 31.2 Å². The minimum atomic E-state index is -3.62. The number of benzene rings is 2. The molecular formula is C24H31N3O4S. The monoisotopic (exact) mass is 457 g/mol. The van der Waals surface area contributed by atoms with Gasteiger partial charge in [-0.25, -0.2) is 13.1 Å². The molecule has 32 heavy (non-hydrogen) atoms. The lowest BCUT2D eigenvalue weighted by Crippen LogP contribution is -2.32. The number of carbonyl (C=O) groups is 2. The first-order valence-corrected chi connectivity index (χ1v) is 12.6. The molecule has 172 valence electrons. The maximum Gasteiger partial charge on any atom is 0.255 e. The van der Waals surface area contributed by atoms with E-state index in [-0.39, 0.29) is 22.8 Å². The van der Waals surface area contributed by atoms with Crippen molar-refractivity contribution in [2.24, 2.45) is 0 Å². The summed E-state index contributed by atoms with van der Waals surface area (Å²) in [7, 11) is -3.62. The Kier molecular flexibility index (Phi) is 8.04. The van der Waals surface area contributed by atoms with Crippen LogP contribution in [0.25, 0.3) is 0 Å². The van der Waals surface area contributed by atoms with Crippen LogP contribution in [0.15, 0.2) is 53.4 Å². The first kappa shape index (κ1) is 23.9. The number of hydrogen-bond donors (Lipinski definition) is 2. The molecule has 1 aliphatic rings. The summed E-state index contributed by atoms with van der Waals surface area (Å²) in [5.41, 5.74) is 1.52. The zero-order chi connectivity index (χ0) is 23.1. The maximum atomic E-state index is 12.7. The molecule has 1 saturated heterocycles. The minimum absolute atomic E-state index is 0.0209. The highest BCUT2D eigenvalue weighted by molar-refractivity contribution is 7.89. The van der Waals surface area contributed by atoms with Crippen LogP contribution >= 0.6 is 0 Å². The molecule has 2 N–H and O–H groups in total. The summed E-state index contributed by atoms with van der Waals surface area (Å²) in [6, 6.07) is 12.5. The molecule has 0 radical (unpaired) electrons. The van der Waals surface area contributed by atoms with E-state index in [9.17, 15) is 18.0 Å². The number of amides is 2. The van der Waals surface area contributed by atoms with E-state index in [1.165, 1.54) is 24.3 Å². The van der Waals surface area contributed by atoms with Crippen molar-refractivity contribution in [3.05, 3.63) is 59.7 Å². The zero-order valence-electron chi connectivity index (χ0n) is 18.6. The molecule has 1 atom stereocenters. The average molecular weight is 458 g/mol. The third-order valence-corrected chi connectivity index (χ3v) is 7.28. The van der Waals surface area contributed by atoms with Crippen molar-refractivity contribution in [3.63, 3.8) is 0 Å². The van der Waals surface area contributed by atoms with E-state index in [0.717, 1.165) is 38.8 Å². The van der Waals surface area contributed by atoms with Gasteiger partial charge in [0, 0.05) is 35.9 Å². The average Bonchev–Trinajstić information content (AvgIpc) is 3.08. The molecule has 0 bridgehead atoms. The van der Waals surface area contributed by atoms with Gasteiger partial charge < -0.3 is 10.2 Å². The SMILES string of the molecule is CCC(C)NS(=O)(=O)c1ccc(C(=O)Nc2ccc(C(=O)N3CCCCCC3)cc2)cc1. The molecule has 3 rings (SSSR count). The number of nitrogens with zero attached hydrogens (tertiary/aromatic N) is 1. The smallest absolute Gasteiger partial charge is 0.255 e. The standard InChI is InChI=1S/C24H31N3O4S/c1-3-18(2)26-32(30,31)22-14-10-19(11-15-22)23(28)25-21-12-8-20(9-13-21)24(29)27-16-6-4-5-7-17-27/h8-15,18,26H,3-7,16-17H2,1-2H3,(H,25,28). The van der Waals surface area contributed by atoms with Crippen LogP contribution in [-0.2, 0) is 10.0 Å². The Morgan fingerprint density at radius 3 is 2.03 bits per heavy atom. The zero-order valence-corrected chi connectivity index (χ0v) is 19.5. The second-order valence-corrected chi connectivity index (χ2v) is 9.91. The van der Waals surface area contributed by atoms with Crippen molar-refractivity contribution in [2.75, 3.05) is 18.4 Å². The van der Waals surface area contributed by atoms with Gasteiger partial charge in [0.1, 0.15) is 0 Å². The molecule has 7 nitrogen and oxygen atoms in total. The van der Waals surface area contributed by atoms with Crippen molar-refractivity contribution in [1.82, 2.24) is 9.62 Å². The second-order valence-electron chi connectivity index (χ2n) is 8.19. The van der Waals surface area contributed by atoms with Crippen LogP contribution in [0.1, 0.15) is 66.7 Å². The Bertz CT molecular complexity index is 1030. The van der Waals surface area contributed by atoms with Gasteiger partial charge in [-0.05, 0) is 74.7 Å². The largest absolute Gasteiger partial charge is 0.339 e. The summed E-state index contributed by atoms with van der Waals surface area (Å²) >= 11 is 0. The minimum Gasteiger partial charge on any atom is -0.339 e. The highest BCUT2D eigenvalue weighted by Crippen LogP contribution is 2.17. The first-order valence-electron chi connectivity index (χ1n) is 11.1. The quantitative estimate of drug-likeness (QED) is 0.656. The Morgan fingerprint density at radius 2 is 1.47 bits per heavy atom. The summed E-state index contributed by atoms with van der Waals surface area (Å²) in [6.07, 6.45) is 5.08. The molecule has 1 fully saturated rings. The number of likely N-dealkylation sites (tertiary alicyclic amines) is 1. The molecule has 0 saturated carbocycles. The molecule has 0 aromatic heterocycles. The van der Waals surface area contributed by atoms with Gasteiger partial charge in [-0.3, -0.25) is 9.59 Å². The molecule has 1 aliphatic heterocycles. The molecule has 0 spiro atoms. The lowest BCUT2D eigenvalue weighted by atomic mass is 10.1. The molecule has 8 heteroatoms. The topological polar surface area (TPSA) is 95.6 Å². The predicted octanol–water partition coefficient (Wildman–Crippen LogP) is 4.03. The summed E-state index contributed by atoms with van der Waals surface area (Å²) in [6.45, 7) is 5.27. The Morgan fingerprint density at radius 1 is 0.906 bits per heavy atom. The van der Waals surface area contributed by atoms with Crippen molar-refractivity contribution >= 4 is 27.5 Å². The fourth-order valence-corrected chi connectivity index (χ4v) is 4.88. The number of hydrogen-bond acceptors (Lipinski definition) is 4.